The molecule has 0 aliphatic carbocycles. The Bertz CT molecular complexity index is 774. The van der Waals surface area contributed by atoms with Gasteiger partial charge in [0.2, 0.25) is 0 Å². The molecule has 1 fully saturated rings. The summed E-state index contributed by atoms with van der Waals surface area (Å²) in [4.78, 5) is 18.9. The minimum atomic E-state index is -0.112. The summed E-state index contributed by atoms with van der Waals surface area (Å²) < 4.78 is 9.53. The zero-order valence-corrected chi connectivity index (χ0v) is 14.7. The number of hydrogen-bond donors (Lipinski definition) is 1. The van der Waals surface area contributed by atoms with Gasteiger partial charge in [-0.2, -0.15) is 5.10 Å². The molecule has 2 aromatic rings. The molecule has 134 valence electrons. The number of amides is 2. The molecule has 1 N–H and O–H groups in total. The number of nitrogens with one attached hydrogen (secondary N) is 1. The maximum absolute atomic E-state index is 12.6. The zero-order chi connectivity index (χ0) is 17.4. The van der Waals surface area contributed by atoms with Gasteiger partial charge in [0.05, 0.1) is 24.3 Å². The van der Waals surface area contributed by atoms with Crippen molar-refractivity contribution in [2.24, 2.45) is 7.05 Å². The van der Waals surface area contributed by atoms with Crippen LogP contribution in [0.2, 0.25) is 0 Å². The molecule has 2 aliphatic heterocycles. The van der Waals surface area contributed by atoms with Gasteiger partial charge < -0.3 is 14.2 Å². The quantitative estimate of drug-likeness (QED) is 0.925. The van der Waals surface area contributed by atoms with Crippen LogP contribution in [0.1, 0.15) is 43.0 Å². The van der Waals surface area contributed by atoms with Crippen LogP contribution in [-0.4, -0.2) is 43.4 Å². The lowest BCUT2D eigenvalue weighted by Crippen LogP contribution is -2.39. The first-order chi connectivity index (χ1) is 12.2. The number of aryl methyl sites for hydroxylation is 2. The zero-order valence-electron chi connectivity index (χ0n) is 14.7. The number of urea groups is 1. The van der Waals surface area contributed by atoms with Gasteiger partial charge in [-0.1, -0.05) is 0 Å². The highest BCUT2D eigenvalue weighted by molar-refractivity contribution is 5.88. The number of anilines is 1. The predicted octanol–water partition coefficient (Wildman–Crippen LogP) is 2.08. The number of fused-ring (bicyclic) bond motifs is 1. The van der Waals surface area contributed by atoms with Gasteiger partial charge in [0.1, 0.15) is 11.9 Å². The van der Waals surface area contributed by atoms with Crippen molar-refractivity contribution < 1.29 is 9.53 Å². The maximum atomic E-state index is 12.6. The van der Waals surface area contributed by atoms with Crippen molar-refractivity contribution in [1.82, 2.24) is 24.2 Å². The van der Waals surface area contributed by atoms with E-state index in [0.717, 1.165) is 43.8 Å². The number of carbonyl (C=O) groups is 1. The van der Waals surface area contributed by atoms with Crippen molar-refractivity contribution in [3.8, 4) is 0 Å². The third-order valence-electron chi connectivity index (χ3n) is 5.01. The highest BCUT2D eigenvalue weighted by Crippen LogP contribution is 2.29. The molecule has 4 rings (SSSR count). The molecule has 1 atom stereocenters. The lowest BCUT2D eigenvalue weighted by atomic mass is 10.1. The van der Waals surface area contributed by atoms with Gasteiger partial charge in [-0.25, -0.2) is 9.78 Å². The predicted molar refractivity (Wildman–Crippen MR) is 92.2 cm³/mol. The number of imidazole rings is 1. The number of nitrogens with zero attached hydrogens (tertiary/aromatic N) is 5. The summed E-state index contributed by atoms with van der Waals surface area (Å²) in [7, 11) is 1.84. The molecule has 0 unspecified atom stereocenters. The lowest BCUT2D eigenvalue weighted by Gasteiger charge is -2.27. The summed E-state index contributed by atoms with van der Waals surface area (Å²) >= 11 is 0. The number of aromatic nitrogens is 4. The van der Waals surface area contributed by atoms with Crippen molar-refractivity contribution in [3.63, 3.8) is 0 Å². The summed E-state index contributed by atoms with van der Waals surface area (Å²) in [6.07, 6.45) is 4.79. The second-order valence-electron chi connectivity index (χ2n) is 6.61. The van der Waals surface area contributed by atoms with Gasteiger partial charge in [-0.05, 0) is 19.8 Å². The van der Waals surface area contributed by atoms with E-state index < -0.39 is 0 Å². The molecule has 0 saturated carbocycles. The van der Waals surface area contributed by atoms with E-state index in [1.807, 2.05) is 19.4 Å². The largest absolute Gasteiger partial charge is 0.372 e. The Balaban J connectivity index is 1.44. The van der Waals surface area contributed by atoms with Crippen LogP contribution < -0.4 is 5.32 Å². The smallest absolute Gasteiger partial charge is 0.323 e. The minimum absolute atomic E-state index is 0.0485. The molecule has 0 aromatic carbocycles. The Kier molecular flexibility index (Phi) is 4.20. The Morgan fingerprint density at radius 2 is 2.36 bits per heavy atom. The second-order valence-corrected chi connectivity index (χ2v) is 6.61. The van der Waals surface area contributed by atoms with Gasteiger partial charge in [0, 0.05) is 44.9 Å². The summed E-state index contributed by atoms with van der Waals surface area (Å²) in [6.45, 7) is 5.04. The van der Waals surface area contributed by atoms with Crippen LogP contribution in [-0.2, 0) is 31.3 Å². The molecule has 0 radical (unpaired) electrons. The van der Waals surface area contributed by atoms with Gasteiger partial charge in [-0.15, -0.1) is 0 Å². The molecule has 4 heterocycles. The lowest BCUT2D eigenvalue weighted by molar-refractivity contribution is 0.108. The molecule has 25 heavy (non-hydrogen) atoms. The molecule has 8 nitrogen and oxygen atoms in total. The highest BCUT2D eigenvalue weighted by atomic mass is 16.5. The van der Waals surface area contributed by atoms with E-state index in [4.69, 9.17) is 4.74 Å². The summed E-state index contributed by atoms with van der Waals surface area (Å²) in [5, 5.41) is 7.46. The minimum Gasteiger partial charge on any atom is -0.372 e. The number of hydrogen-bond acceptors (Lipinski definition) is 4. The fraction of sp³-hybridized carbons (Fsp3) is 0.588. The third-order valence-corrected chi connectivity index (χ3v) is 5.01. The van der Waals surface area contributed by atoms with Crippen LogP contribution in [0.3, 0.4) is 0 Å². The van der Waals surface area contributed by atoms with E-state index >= 15 is 0 Å². The molecular weight excluding hydrogens is 320 g/mol. The summed E-state index contributed by atoms with van der Waals surface area (Å²) in [5.74, 6) is 0.695. The van der Waals surface area contributed by atoms with E-state index in [0.29, 0.717) is 18.9 Å². The number of ether oxygens (including phenoxy) is 1. The van der Waals surface area contributed by atoms with E-state index in [9.17, 15) is 4.79 Å². The average Bonchev–Trinajstić information content (AvgIpc) is 3.34. The van der Waals surface area contributed by atoms with Gasteiger partial charge >= 0.3 is 6.03 Å². The molecule has 2 aromatic heterocycles. The van der Waals surface area contributed by atoms with Crippen molar-refractivity contribution in [2.75, 3.05) is 18.5 Å². The maximum Gasteiger partial charge on any atom is 0.323 e. The van der Waals surface area contributed by atoms with Crippen molar-refractivity contribution in [1.29, 1.82) is 0 Å². The first-order valence-electron chi connectivity index (χ1n) is 8.90. The number of carbonyl (C=O) groups excluding carboxylic acids is 1. The highest BCUT2D eigenvalue weighted by Gasteiger charge is 2.26. The standard InChI is InChI=1S/C17H24N6O2/c1-3-22-11-18-13-10-23(7-6-14(13)22)17(24)19-16-9-12(20-21(16)2)15-5-4-8-25-15/h9,11,15H,3-8,10H2,1-2H3,(H,19,24)/t15-/m0/s1. The van der Waals surface area contributed by atoms with Crippen LogP contribution in [0.5, 0.6) is 0 Å². The fourth-order valence-electron chi connectivity index (χ4n) is 3.58. The summed E-state index contributed by atoms with van der Waals surface area (Å²) in [5.41, 5.74) is 3.12. The van der Waals surface area contributed by atoms with Gasteiger partial charge in [-0.3, -0.25) is 10.00 Å². The van der Waals surface area contributed by atoms with Crippen molar-refractivity contribution in [2.45, 2.75) is 45.4 Å². The number of rotatable bonds is 3. The van der Waals surface area contributed by atoms with Crippen LogP contribution >= 0.6 is 0 Å². The third kappa shape index (κ3) is 3.02. The SMILES string of the molecule is CCn1cnc2c1CCN(C(=O)Nc1cc([C@@H]3CCCO3)nn1C)C2. The Hall–Kier alpha value is -2.35. The van der Waals surface area contributed by atoms with Gasteiger partial charge in [0.15, 0.2) is 0 Å². The Labute approximate surface area is 146 Å². The molecule has 0 spiro atoms. The molecule has 2 amide bonds. The first-order valence-corrected chi connectivity index (χ1v) is 8.90. The normalized spacial score (nSPS) is 19.9. The molecular formula is C17H24N6O2. The topological polar surface area (TPSA) is 77.2 Å². The van der Waals surface area contributed by atoms with Crippen LogP contribution in [0.25, 0.3) is 0 Å². The van der Waals surface area contributed by atoms with Gasteiger partial charge in [0.25, 0.3) is 0 Å². The molecule has 8 heteroatoms. The first kappa shape index (κ1) is 16.1. The molecule has 1 saturated heterocycles. The van der Waals surface area contributed by atoms with Crippen LogP contribution in [0, 0.1) is 0 Å². The van der Waals surface area contributed by atoms with Crippen molar-refractivity contribution in [3.05, 3.63) is 29.5 Å². The van der Waals surface area contributed by atoms with E-state index in [1.165, 1.54) is 5.69 Å². The molecule has 2 aliphatic rings. The van der Waals surface area contributed by atoms with Crippen LogP contribution in [0.4, 0.5) is 10.6 Å². The fourth-order valence-corrected chi connectivity index (χ4v) is 3.58. The Morgan fingerprint density at radius 1 is 1.48 bits per heavy atom. The van der Waals surface area contributed by atoms with Crippen molar-refractivity contribution >= 4 is 11.8 Å². The van der Waals surface area contributed by atoms with E-state index in [2.05, 4.69) is 26.9 Å². The van der Waals surface area contributed by atoms with Crippen LogP contribution in [0.15, 0.2) is 12.4 Å². The Morgan fingerprint density at radius 3 is 3.12 bits per heavy atom. The molecule has 0 bridgehead atoms. The average molecular weight is 344 g/mol. The van der Waals surface area contributed by atoms with E-state index in [-0.39, 0.29) is 12.1 Å². The summed E-state index contributed by atoms with van der Waals surface area (Å²) in [6, 6.07) is 1.80. The second kappa shape index (κ2) is 6.51. The monoisotopic (exact) mass is 344 g/mol. The van der Waals surface area contributed by atoms with E-state index in [1.54, 1.807) is 9.58 Å².